The topological polar surface area (TPSA) is 38.5 Å². The predicted octanol–water partition coefficient (Wildman–Crippen LogP) is 2.45. The highest BCUT2D eigenvalue weighted by Crippen LogP contribution is 2.29. The summed E-state index contributed by atoms with van der Waals surface area (Å²) >= 11 is 6.06. The zero-order chi connectivity index (χ0) is 9.97. The molecule has 4 heteroatoms. The minimum Gasteiger partial charge on any atom is -0.399 e. The summed E-state index contributed by atoms with van der Waals surface area (Å²) in [5, 5.41) is 2.48. The number of nitrogens with two attached hydrogens (primary N) is 1. The van der Waals surface area contributed by atoms with Crippen LogP contribution in [0.25, 0.3) is 0 Å². The van der Waals surface area contributed by atoms with Crippen LogP contribution in [0.4, 0.5) is 11.4 Å². The summed E-state index contributed by atoms with van der Waals surface area (Å²) in [4.78, 5) is 5.49. The molecule has 2 N–H and O–H groups in total. The maximum absolute atomic E-state index is 6.06. The van der Waals surface area contributed by atoms with E-state index in [0.29, 0.717) is 10.7 Å². The number of nitrogens with zero attached hydrogens (tertiary/aromatic N) is 1. The van der Waals surface area contributed by atoms with Crippen molar-refractivity contribution in [2.75, 3.05) is 23.9 Å². The van der Waals surface area contributed by atoms with Crippen molar-refractivity contribution < 1.29 is 4.84 Å². The molecule has 0 amide bonds. The Kier molecular flexibility index (Phi) is 2.79. The van der Waals surface area contributed by atoms with Crippen LogP contribution >= 0.6 is 11.6 Å². The van der Waals surface area contributed by atoms with Gasteiger partial charge in [0.1, 0.15) is 0 Å². The van der Waals surface area contributed by atoms with E-state index < -0.39 is 0 Å². The predicted molar refractivity (Wildman–Crippen MR) is 58.4 cm³/mol. The van der Waals surface area contributed by atoms with Crippen LogP contribution < -0.4 is 10.8 Å². The second-order valence-electron chi connectivity index (χ2n) is 3.35. The summed E-state index contributed by atoms with van der Waals surface area (Å²) < 4.78 is 0. The summed E-state index contributed by atoms with van der Waals surface area (Å²) in [6, 6.07) is 5.47. The highest BCUT2D eigenvalue weighted by atomic mass is 35.5. The number of anilines is 2. The van der Waals surface area contributed by atoms with E-state index in [1.54, 1.807) is 6.07 Å². The van der Waals surface area contributed by atoms with Crippen molar-refractivity contribution in [1.82, 2.24) is 0 Å². The second kappa shape index (κ2) is 4.07. The molecule has 0 spiro atoms. The van der Waals surface area contributed by atoms with E-state index in [1.165, 1.54) is 0 Å². The molecule has 0 aliphatic carbocycles. The summed E-state index contributed by atoms with van der Waals surface area (Å²) in [6.45, 7) is 1.66. The number of rotatable bonds is 1. The smallest absolute Gasteiger partial charge is 0.0824 e. The molecule has 0 aromatic heterocycles. The fraction of sp³-hybridized carbons (Fsp3) is 0.400. The molecule has 0 saturated carbocycles. The normalized spacial score (nSPS) is 17.1. The van der Waals surface area contributed by atoms with Gasteiger partial charge < -0.3 is 5.73 Å². The molecule has 76 valence electrons. The highest BCUT2D eigenvalue weighted by Gasteiger charge is 2.14. The van der Waals surface area contributed by atoms with Crippen molar-refractivity contribution in [3.8, 4) is 0 Å². The Bertz CT molecular complexity index is 324. The summed E-state index contributed by atoms with van der Waals surface area (Å²) in [7, 11) is 0. The monoisotopic (exact) mass is 212 g/mol. The lowest BCUT2D eigenvalue weighted by molar-refractivity contribution is 0.0779. The number of nitrogen functional groups attached to an aromatic ring is 1. The van der Waals surface area contributed by atoms with Crippen LogP contribution in [0.1, 0.15) is 12.8 Å². The number of halogens is 1. The molecule has 1 aromatic carbocycles. The van der Waals surface area contributed by atoms with Crippen LogP contribution in [0.2, 0.25) is 5.02 Å². The summed E-state index contributed by atoms with van der Waals surface area (Å²) in [6.07, 6.45) is 2.25. The van der Waals surface area contributed by atoms with E-state index in [2.05, 4.69) is 0 Å². The van der Waals surface area contributed by atoms with Gasteiger partial charge >= 0.3 is 0 Å². The molecule has 1 heterocycles. The number of hydrogen-bond donors (Lipinski definition) is 1. The van der Waals surface area contributed by atoms with Gasteiger partial charge in [-0.1, -0.05) is 11.6 Å². The van der Waals surface area contributed by atoms with Crippen LogP contribution in [0.5, 0.6) is 0 Å². The first-order valence-corrected chi connectivity index (χ1v) is 5.10. The quantitative estimate of drug-likeness (QED) is 0.727. The van der Waals surface area contributed by atoms with Crippen LogP contribution in [0.3, 0.4) is 0 Å². The second-order valence-corrected chi connectivity index (χ2v) is 3.76. The Labute approximate surface area is 88.4 Å². The van der Waals surface area contributed by atoms with Crippen molar-refractivity contribution in [3.05, 3.63) is 23.2 Å². The largest absolute Gasteiger partial charge is 0.399 e. The van der Waals surface area contributed by atoms with Crippen molar-refractivity contribution in [1.29, 1.82) is 0 Å². The molecule has 2 rings (SSSR count). The van der Waals surface area contributed by atoms with E-state index >= 15 is 0 Å². The first-order valence-electron chi connectivity index (χ1n) is 4.73. The van der Waals surface area contributed by atoms with Crippen molar-refractivity contribution in [3.63, 3.8) is 0 Å². The highest BCUT2D eigenvalue weighted by molar-refractivity contribution is 6.33. The molecule has 1 aliphatic heterocycles. The molecule has 3 nitrogen and oxygen atoms in total. The van der Waals surface area contributed by atoms with E-state index in [0.717, 1.165) is 31.7 Å². The van der Waals surface area contributed by atoms with Gasteiger partial charge in [-0.2, -0.15) is 0 Å². The Morgan fingerprint density at radius 2 is 2.21 bits per heavy atom. The SMILES string of the molecule is Nc1ccc(N2CCCCO2)c(Cl)c1. The molecule has 0 bridgehead atoms. The fourth-order valence-electron chi connectivity index (χ4n) is 1.51. The van der Waals surface area contributed by atoms with Crippen LogP contribution in [0, 0.1) is 0 Å². The maximum atomic E-state index is 6.06. The average molecular weight is 213 g/mol. The van der Waals surface area contributed by atoms with E-state index in [4.69, 9.17) is 22.2 Å². The first-order chi connectivity index (χ1) is 6.77. The maximum Gasteiger partial charge on any atom is 0.0824 e. The van der Waals surface area contributed by atoms with Crippen LogP contribution in [-0.4, -0.2) is 13.2 Å². The van der Waals surface area contributed by atoms with Crippen LogP contribution in [-0.2, 0) is 4.84 Å². The fourth-order valence-corrected chi connectivity index (χ4v) is 1.80. The molecular formula is C10H13ClN2O. The lowest BCUT2D eigenvalue weighted by Gasteiger charge is -2.28. The van der Waals surface area contributed by atoms with Gasteiger partial charge in [0.05, 0.1) is 17.3 Å². The van der Waals surface area contributed by atoms with E-state index in [1.807, 2.05) is 17.2 Å². The molecule has 0 atom stereocenters. The third kappa shape index (κ3) is 1.94. The van der Waals surface area contributed by atoms with Gasteiger partial charge in [0.15, 0.2) is 0 Å². The van der Waals surface area contributed by atoms with Crippen molar-refractivity contribution >= 4 is 23.0 Å². The lowest BCUT2D eigenvalue weighted by atomic mass is 10.2. The molecule has 0 unspecified atom stereocenters. The third-order valence-electron chi connectivity index (χ3n) is 2.24. The lowest BCUT2D eigenvalue weighted by Crippen LogP contribution is -2.29. The van der Waals surface area contributed by atoms with Crippen molar-refractivity contribution in [2.45, 2.75) is 12.8 Å². The minimum absolute atomic E-state index is 0.645. The van der Waals surface area contributed by atoms with Crippen LogP contribution in [0.15, 0.2) is 18.2 Å². The standard InChI is InChI=1S/C10H13ClN2O/c11-9-7-8(12)3-4-10(9)13-5-1-2-6-14-13/h3-4,7H,1-2,5-6,12H2. The first kappa shape index (κ1) is 9.62. The number of benzene rings is 1. The van der Waals surface area contributed by atoms with Gasteiger partial charge in [-0.15, -0.1) is 0 Å². The van der Waals surface area contributed by atoms with E-state index in [-0.39, 0.29) is 0 Å². The van der Waals surface area contributed by atoms with Gasteiger partial charge in [0.25, 0.3) is 0 Å². The van der Waals surface area contributed by atoms with Gasteiger partial charge in [-0.05, 0) is 31.0 Å². The zero-order valence-corrected chi connectivity index (χ0v) is 8.63. The van der Waals surface area contributed by atoms with Gasteiger partial charge in [-0.3, -0.25) is 9.90 Å². The Hall–Kier alpha value is -0.930. The molecule has 1 fully saturated rings. The molecular weight excluding hydrogens is 200 g/mol. The molecule has 1 saturated heterocycles. The zero-order valence-electron chi connectivity index (χ0n) is 7.87. The molecule has 14 heavy (non-hydrogen) atoms. The molecule has 1 aliphatic rings. The van der Waals surface area contributed by atoms with E-state index in [9.17, 15) is 0 Å². The summed E-state index contributed by atoms with van der Waals surface area (Å²) in [5.41, 5.74) is 7.19. The van der Waals surface area contributed by atoms with Gasteiger partial charge in [-0.25, -0.2) is 0 Å². The number of hydrogen-bond acceptors (Lipinski definition) is 3. The summed E-state index contributed by atoms with van der Waals surface area (Å²) in [5.74, 6) is 0. The minimum atomic E-state index is 0.645. The third-order valence-corrected chi connectivity index (χ3v) is 2.55. The number of hydroxylamine groups is 1. The Balaban J connectivity index is 2.22. The van der Waals surface area contributed by atoms with Gasteiger partial charge in [0, 0.05) is 12.2 Å². The Morgan fingerprint density at radius 1 is 1.36 bits per heavy atom. The average Bonchev–Trinajstić information content (AvgIpc) is 2.19. The molecule has 1 aromatic rings. The molecule has 0 radical (unpaired) electrons. The van der Waals surface area contributed by atoms with Gasteiger partial charge in [0.2, 0.25) is 0 Å². The Morgan fingerprint density at radius 3 is 2.86 bits per heavy atom. The van der Waals surface area contributed by atoms with Crippen molar-refractivity contribution in [2.24, 2.45) is 0 Å².